The van der Waals surface area contributed by atoms with E-state index in [1.165, 1.54) is 19.3 Å². The molecule has 2 N–H and O–H groups in total. The van der Waals surface area contributed by atoms with Crippen molar-refractivity contribution in [2.45, 2.75) is 33.1 Å². The average Bonchev–Trinajstić information content (AvgIpc) is 2.75. The van der Waals surface area contributed by atoms with Gasteiger partial charge in [0.15, 0.2) is 0 Å². The second-order valence-corrected chi connectivity index (χ2v) is 4.79. The second kappa shape index (κ2) is 4.32. The van der Waals surface area contributed by atoms with Crippen LogP contribution in [0.15, 0.2) is 18.3 Å². The fraction of sp³-hybridized carbons (Fsp3) is 0.615. The van der Waals surface area contributed by atoms with E-state index in [2.05, 4.69) is 29.8 Å². The SMILES string of the molecule is CCC1(CC)CCN(c2cccnc2N)C1. The third-order valence-corrected chi connectivity index (χ3v) is 4.10. The van der Waals surface area contributed by atoms with Gasteiger partial charge in [-0.25, -0.2) is 4.98 Å². The molecule has 0 atom stereocenters. The van der Waals surface area contributed by atoms with Gasteiger partial charge >= 0.3 is 0 Å². The summed E-state index contributed by atoms with van der Waals surface area (Å²) in [6.45, 7) is 6.81. The molecule has 0 radical (unpaired) electrons. The van der Waals surface area contributed by atoms with Gasteiger partial charge in [-0.05, 0) is 36.8 Å². The van der Waals surface area contributed by atoms with Crippen LogP contribution in [-0.2, 0) is 0 Å². The lowest BCUT2D eigenvalue weighted by molar-refractivity contribution is 0.301. The molecule has 0 bridgehead atoms. The monoisotopic (exact) mass is 219 g/mol. The van der Waals surface area contributed by atoms with Crippen LogP contribution in [-0.4, -0.2) is 18.1 Å². The van der Waals surface area contributed by atoms with E-state index in [4.69, 9.17) is 5.73 Å². The molecular weight excluding hydrogens is 198 g/mol. The molecule has 0 amide bonds. The lowest BCUT2D eigenvalue weighted by Gasteiger charge is -2.27. The van der Waals surface area contributed by atoms with Gasteiger partial charge in [-0.1, -0.05) is 13.8 Å². The van der Waals surface area contributed by atoms with Crippen molar-refractivity contribution in [2.75, 3.05) is 23.7 Å². The van der Waals surface area contributed by atoms with Crippen molar-refractivity contribution in [3.8, 4) is 0 Å². The van der Waals surface area contributed by atoms with Gasteiger partial charge in [0.1, 0.15) is 5.82 Å². The summed E-state index contributed by atoms with van der Waals surface area (Å²) in [5.41, 5.74) is 7.51. The van der Waals surface area contributed by atoms with Crippen LogP contribution in [0.4, 0.5) is 11.5 Å². The summed E-state index contributed by atoms with van der Waals surface area (Å²) in [6.07, 6.45) is 5.52. The fourth-order valence-electron chi connectivity index (χ4n) is 2.64. The number of pyridine rings is 1. The number of hydrogen-bond acceptors (Lipinski definition) is 3. The van der Waals surface area contributed by atoms with E-state index < -0.39 is 0 Å². The first kappa shape index (κ1) is 11.2. The number of aromatic nitrogens is 1. The van der Waals surface area contributed by atoms with Crippen molar-refractivity contribution >= 4 is 11.5 Å². The Morgan fingerprint density at radius 3 is 2.75 bits per heavy atom. The van der Waals surface area contributed by atoms with Crippen LogP contribution in [0.25, 0.3) is 0 Å². The number of hydrogen-bond donors (Lipinski definition) is 1. The zero-order valence-electron chi connectivity index (χ0n) is 10.2. The van der Waals surface area contributed by atoms with Crippen LogP contribution < -0.4 is 10.6 Å². The predicted molar refractivity (Wildman–Crippen MR) is 68.5 cm³/mol. The summed E-state index contributed by atoms with van der Waals surface area (Å²) in [6, 6.07) is 4.04. The van der Waals surface area contributed by atoms with Gasteiger partial charge in [-0.3, -0.25) is 0 Å². The van der Waals surface area contributed by atoms with Gasteiger partial charge in [-0.15, -0.1) is 0 Å². The average molecular weight is 219 g/mol. The molecule has 2 heterocycles. The Labute approximate surface area is 97.7 Å². The van der Waals surface area contributed by atoms with Crippen LogP contribution in [0.3, 0.4) is 0 Å². The van der Waals surface area contributed by atoms with E-state index in [0.29, 0.717) is 11.2 Å². The van der Waals surface area contributed by atoms with Gasteiger partial charge in [0, 0.05) is 19.3 Å². The summed E-state index contributed by atoms with van der Waals surface area (Å²) in [5, 5.41) is 0. The molecule has 0 unspecified atom stereocenters. The van der Waals surface area contributed by atoms with Crippen molar-refractivity contribution in [3.05, 3.63) is 18.3 Å². The van der Waals surface area contributed by atoms with Crippen LogP contribution in [0.1, 0.15) is 33.1 Å². The topological polar surface area (TPSA) is 42.2 Å². The summed E-state index contributed by atoms with van der Waals surface area (Å²) in [7, 11) is 0. The van der Waals surface area contributed by atoms with Crippen molar-refractivity contribution in [1.29, 1.82) is 0 Å². The number of nitrogens with two attached hydrogens (primary N) is 1. The number of rotatable bonds is 3. The quantitative estimate of drug-likeness (QED) is 0.850. The van der Waals surface area contributed by atoms with Gasteiger partial charge in [0.05, 0.1) is 5.69 Å². The van der Waals surface area contributed by atoms with Gasteiger partial charge < -0.3 is 10.6 Å². The van der Waals surface area contributed by atoms with Crippen LogP contribution in [0.2, 0.25) is 0 Å². The Bertz CT molecular complexity index is 358. The molecule has 1 fully saturated rings. The maximum absolute atomic E-state index is 5.92. The molecule has 88 valence electrons. The smallest absolute Gasteiger partial charge is 0.146 e. The molecule has 0 spiro atoms. The zero-order chi connectivity index (χ0) is 11.6. The number of nitrogen functional groups attached to an aromatic ring is 1. The highest BCUT2D eigenvalue weighted by atomic mass is 15.2. The minimum Gasteiger partial charge on any atom is -0.382 e. The summed E-state index contributed by atoms with van der Waals surface area (Å²) in [5.74, 6) is 0.658. The summed E-state index contributed by atoms with van der Waals surface area (Å²) in [4.78, 5) is 6.54. The van der Waals surface area contributed by atoms with E-state index in [1.54, 1.807) is 6.20 Å². The Kier molecular flexibility index (Phi) is 3.03. The molecule has 1 aromatic rings. The number of nitrogens with zero attached hydrogens (tertiary/aromatic N) is 2. The van der Waals surface area contributed by atoms with Crippen molar-refractivity contribution in [1.82, 2.24) is 4.98 Å². The highest BCUT2D eigenvalue weighted by Crippen LogP contribution is 2.39. The first-order chi connectivity index (χ1) is 7.71. The van der Waals surface area contributed by atoms with Crippen molar-refractivity contribution in [3.63, 3.8) is 0 Å². The van der Waals surface area contributed by atoms with E-state index in [9.17, 15) is 0 Å². The Morgan fingerprint density at radius 2 is 2.19 bits per heavy atom. The summed E-state index contributed by atoms with van der Waals surface area (Å²) >= 11 is 0. The van der Waals surface area contributed by atoms with Crippen LogP contribution in [0, 0.1) is 5.41 Å². The second-order valence-electron chi connectivity index (χ2n) is 4.79. The normalized spacial score (nSPS) is 19.0. The van der Waals surface area contributed by atoms with E-state index in [1.807, 2.05) is 6.07 Å². The van der Waals surface area contributed by atoms with E-state index in [0.717, 1.165) is 18.8 Å². The molecule has 16 heavy (non-hydrogen) atoms. The lowest BCUT2D eigenvalue weighted by Crippen LogP contribution is -2.26. The maximum atomic E-state index is 5.92. The molecule has 2 rings (SSSR count). The third kappa shape index (κ3) is 1.86. The Balaban J connectivity index is 2.18. The minimum absolute atomic E-state index is 0.488. The molecule has 1 aromatic heterocycles. The molecule has 1 saturated heterocycles. The molecule has 3 heteroatoms. The number of anilines is 2. The largest absolute Gasteiger partial charge is 0.382 e. The lowest BCUT2D eigenvalue weighted by atomic mass is 9.82. The van der Waals surface area contributed by atoms with Gasteiger partial charge in [-0.2, -0.15) is 0 Å². The molecular formula is C13H21N3. The van der Waals surface area contributed by atoms with Gasteiger partial charge in [0.25, 0.3) is 0 Å². The molecule has 3 nitrogen and oxygen atoms in total. The van der Waals surface area contributed by atoms with Crippen LogP contribution in [0.5, 0.6) is 0 Å². The highest BCUT2D eigenvalue weighted by molar-refractivity contribution is 5.63. The van der Waals surface area contributed by atoms with Crippen LogP contribution >= 0.6 is 0 Å². The standard InChI is InChI=1S/C13H21N3/c1-3-13(4-2)7-9-16(10-13)11-6-5-8-15-12(11)14/h5-6,8H,3-4,7,9-10H2,1-2H3,(H2,14,15). The Hall–Kier alpha value is -1.25. The van der Waals surface area contributed by atoms with E-state index >= 15 is 0 Å². The minimum atomic E-state index is 0.488. The summed E-state index contributed by atoms with van der Waals surface area (Å²) < 4.78 is 0. The Morgan fingerprint density at radius 1 is 1.44 bits per heavy atom. The fourth-order valence-corrected chi connectivity index (χ4v) is 2.64. The maximum Gasteiger partial charge on any atom is 0.146 e. The molecule has 1 aliphatic rings. The van der Waals surface area contributed by atoms with Crippen molar-refractivity contribution in [2.24, 2.45) is 5.41 Å². The van der Waals surface area contributed by atoms with Crippen molar-refractivity contribution < 1.29 is 0 Å². The van der Waals surface area contributed by atoms with E-state index in [-0.39, 0.29) is 0 Å². The predicted octanol–water partition coefficient (Wildman–Crippen LogP) is 2.68. The molecule has 1 aliphatic heterocycles. The molecule has 0 aliphatic carbocycles. The highest BCUT2D eigenvalue weighted by Gasteiger charge is 2.35. The zero-order valence-corrected chi connectivity index (χ0v) is 10.2. The molecule has 0 saturated carbocycles. The third-order valence-electron chi connectivity index (χ3n) is 4.10. The van der Waals surface area contributed by atoms with Gasteiger partial charge in [0.2, 0.25) is 0 Å². The first-order valence-electron chi connectivity index (χ1n) is 6.16. The molecule has 0 aromatic carbocycles. The first-order valence-corrected chi connectivity index (χ1v) is 6.16.